The zero-order valence-electron chi connectivity index (χ0n) is 12.4. The highest BCUT2D eigenvalue weighted by atomic mass is 35.5. The number of aromatic nitrogens is 1. The minimum absolute atomic E-state index is 0.157. The number of nitrogens with zero attached hydrogens (tertiary/aromatic N) is 1. The molecule has 0 bridgehead atoms. The number of carbonyl (C=O) groups is 1. The van der Waals surface area contributed by atoms with Crippen molar-refractivity contribution in [2.75, 3.05) is 6.61 Å². The zero-order chi connectivity index (χ0) is 15.7. The number of ether oxygens (including phenoxy) is 1. The summed E-state index contributed by atoms with van der Waals surface area (Å²) in [5.74, 6) is -0.548. The third-order valence-corrected chi connectivity index (χ3v) is 4.48. The molecular formula is C16H18ClFN2O2. The molecule has 0 amide bonds. The van der Waals surface area contributed by atoms with E-state index in [9.17, 15) is 9.18 Å². The molecule has 0 fully saturated rings. The van der Waals surface area contributed by atoms with Gasteiger partial charge < -0.3 is 9.30 Å². The van der Waals surface area contributed by atoms with E-state index < -0.39 is 0 Å². The van der Waals surface area contributed by atoms with Crippen molar-refractivity contribution in [2.45, 2.75) is 38.8 Å². The van der Waals surface area contributed by atoms with Gasteiger partial charge in [-0.05, 0) is 61.7 Å². The number of halogens is 2. The second-order valence-corrected chi connectivity index (χ2v) is 5.74. The van der Waals surface area contributed by atoms with E-state index >= 15 is 0 Å². The maximum absolute atomic E-state index is 13.6. The molecule has 1 aromatic heterocycles. The van der Waals surface area contributed by atoms with Crippen molar-refractivity contribution in [3.05, 3.63) is 35.3 Å². The second kappa shape index (κ2) is 6.26. The first kappa shape index (κ1) is 15.3. The Labute approximate surface area is 133 Å². The van der Waals surface area contributed by atoms with Gasteiger partial charge in [-0.15, -0.1) is 0 Å². The van der Waals surface area contributed by atoms with Crippen molar-refractivity contribution in [3.8, 4) is 0 Å². The number of carbonyl (C=O) groups excluding carboxylic acids is 1. The van der Waals surface area contributed by atoms with Crippen LogP contribution < -0.4 is 4.84 Å². The third kappa shape index (κ3) is 2.71. The van der Waals surface area contributed by atoms with Crippen LogP contribution >= 0.6 is 11.8 Å². The topological polar surface area (TPSA) is 43.3 Å². The highest BCUT2D eigenvalue weighted by molar-refractivity contribution is 6.13. The summed E-state index contributed by atoms with van der Waals surface area (Å²) >= 11 is 5.76. The Hall–Kier alpha value is -1.59. The SMILES string of the molecule is CCOC(=O)Cn1c2c(c3cc(F)ccc31)C[C@@H](NCl)CC2. The number of rotatable bonds is 4. The molecule has 0 spiro atoms. The van der Waals surface area contributed by atoms with Gasteiger partial charge in [-0.3, -0.25) is 4.79 Å². The summed E-state index contributed by atoms with van der Waals surface area (Å²) in [6, 6.07) is 4.85. The van der Waals surface area contributed by atoms with E-state index in [1.165, 1.54) is 12.1 Å². The molecule has 118 valence electrons. The van der Waals surface area contributed by atoms with Crippen LogP contribution in [0.1, 0.15) is 24.6 Å². The Morgan fingerprint density at radius 1 is 1.55 bits per heavy atom. The average molecular weight is 325 g/mol. The van der Waals surface area contributed by atoms with Gasteiger partial charge in [-0.1, -0.05) is 0 Å². The zero-order valence-corrected chi connectivity index (χ0v) is 13.1. The van der Waals surface area contributed by atoms with Crippen LogP contribution in [0, 0.1) is 5.82 Å². The number of benzene rings is 1. The van der Waals surface area contributed by atoms with Crippen molar-refractivity contribution in [2.24, 2.45) is 0 Å². The summed E-state index contributed by atoms with van der Waals surface area (Å²) in [5.41, 5.74) is 3.02. The second-order valence-electron chi connectivity index (χ2n) is 5.53. The maximum atomic E-state index is 13.6. The number of esters is 1. The summed E-state index contributed by atoms with van der Waals surface area (Å²) in [5, 5.41) is 0.857. The van der Waals surface area contributed by atoms with E-state index in [0.29, 0.717) is 6.61 Å². The van der Waals surface area contributed by atoms with E-state index in [-0.39, 0.29) is 24.4 Å². The van der Waals surface area contributed by atoms with Gasteiger partial charge >= 0.3 is 5.97 Å². The third-order valence-electron chi connectivity index (χ3n) is 4.18. The lowest BCUT2D eigenvalue weighted by Crippen LogP contribution is -2.29. The van der Waals surface area contributed by atoms with Crippen LogP contribution in [-0.4, -0.2) is 23.2 Å². The number of hydrogen-bond donors (Lipinski definition) is 1. The van der Waals surface area contributed by atoms with Gasteiger partial charge in [0.25, 0.3) is 0 Å². The summed E-state index contributed by atoms with van der Waals surface area (Å²) in [6.07, 6.45) is 2.42. The summed E-state index contributed by atoms with van der Waals surface area (Å²) in [7, 11) is 0. The van der Waals surface area contributed by atoms with Gasteiger partial charge in [0.15, 0.2) is 0 Å². The van der Waals surface area contributed by atoms with E-state index in [2.05, 4.69) is 4.84 Å². The minimum atomic E-state index is -0.274. The number of fused-ring (bicyclic) bond motifs is 3. The number of nitrogens with one attached hydrogen (secondary N) is 1. The lowest BCUT2D eigenvalue weighted by atomic mass is 9.92. The van der Waals surface area contributed by atoms with Gasteiger partial charge in [-0.25, -0.2) is 9.23 Å². The Balaban J connectivity index is 2.09. The van der Waals surface area contributed by atoms with Gasteiger partial charge in [0, 0.05) is 22.6 Å². The molecule has 0 saturated carbocycles. The Morgan fingerprint density at radius 2 is 2.36 bits per heavy atom. The van der Waals surface area contributed by atoms with E-state index in [1.54, 1.807) is 13.0 Å². The smallest absolute Gasteiger partial charge is 0.325 e. The Bertz CT molecular complexity index is 714. The molecule has 1 heterocycles. The predicted molar refractivity (Wildman–Crippen MR) is 83.3 cm³/mol. The van der Waals surface area contributed by atoms with Crippen LogP contribution in [0.25, 0.3) is 10.9 Å². The molecular weight excluding hydrogens is 307 g/mol. The molecule has 0 saturated heterocycles. The van der Waals surface area contributed by atoms with Crippen LogP contribution in [0.15, 0.2) is 18.2 Å². The van der Waals surface area contributed by atoms with Crippen LogP contribution in [-0.2, 0) is 28.9 Å². The molecule has 4 nitrogen and oxygen atoms in total. The van der Waals surface area contributed by atoms with Gasteiger partial charge in [-0.2, -0.15) is 0 Å². The molecule has 22 heavy (non-hydrogen) atoms. The monoisotopic (exact) mass is 324 g/mol. The molecule has 0 radical (unpaired) electrons. The first-order chi connectivity index (χ1) is 10.6. The van der Waals surface area contributed by atoms with Crippen molar-refractivity contribution in [3.63, 3.8) is 0 Å². The van der Waals surface area contributed by atoms with Crippen molar-refractivity contribution < 1.29 is 13.9 Å². The highest BCUT2D eigenvalue weighted by Gasteiger charge is 2.26. The Morgan fingerprint density at radius 3 is 3.09 bits per heavy atom. The normalized spacial score (nSPS) is 17.5. The standard InChI is InChI=1S/C16H18ClFN2O2/c1-2-22-16(21)9-20-14-5-3-10(18)7-12(14)13-8-11(19-17)4-6-15(13)20/h3,5,7,11,19H,2,4,6,8-9H2,1H3/t11-/m0/s1. The largest absolute Gasteiger partial charge is 0.465 e. The first-order valence-corrected chi connectivity index (χ1v) is 7.83. The fourth-order valence-electron chi connectivity index (χ4n) is 3.23. The van der Waals surface area contributed by atoms with Crippen LogP contribution in [0.4, 0.5) is 4.39 Å². The van der Waals surface area contributed by atoms with Crippen molar-refractivity contribution in [1.29, 1.82) is 0 Å². The van der Waals surface area contributed by atoms with Crippen LogP contribution in [0.2, 0.25) is 0 Å². The van der Waals surface area contributed by atoms with E-state index in [0.717, 1.165) is 41.4 Å². The molecule has 1 N–H and O–H groups in total. The van der Waals surface area contributed by atoms with E-state index in [1.807, 2.05) is 4.57 Å². The lowest BCUT2D eigenvalue weighted by Gasteiger charge is -2.22. The van der Waals surface area contributed by atoms with Crippen molar-refractivity contribution >= 4 is 28.6 Å². The summed E-state index contributed by atoms with van der Waals surface area (Å²) < 4.78 is 20.6. The lowest BCUT2D eigenvalue weighted by molar-refractivity contribution is -0.143. The van der Waals surface area contributed by atoms with Crippen LogP contribution in [0.3, 0.4) is 0 Å². The molecule has 1 aliphatic rings. The van der Waals surface area contributed by atoms with Crippen LogP contribution in [0.5, 0.6) is 0 Å². The summed E-state index contributed by atoms with van der Waals surface area (Å²) in [6.45, 7) is 2.30. The van der Waals surface area contributed by atoms with Crippen molar-refractivity contribution in [1.82, 2.24) is 9.40 Å². The first-order valence-electron chi connectivity index (χ1n) is 7.45. The average Bonchev–Trinajstić information content (AvgIpc) is 2.80. The molecule has 1 atom stereocenters. The fourth-order valence-corrected chi connectivity index (χ4v) is 3.42. The van der Waals surface area contributed by atoms with E-state index in [4.69, 9.17) is 16.5 Å². The van der Waals surface area contributed by atoms with Gasteiger partial charge in [0.2, 0.25) is 0 Å². The Kier molecular flexibility index (Phi) is 4.36. The molecule has 6 heteroatoms. The molecule has 1 aliphatic carbocycles. The maximum Gasteiger partial charge on any atom is 0.325 e. The summed E-state index contributed by atoms with van der Waals surface area (Å²) in [4.78, 5) is 14.6. The molecule has 1 aromatic carbocycles. The fraction of sp³-hybridized carbons (Fsp3) is 0.438. The molecule has 3 rings (SSSR count). The highest BCUT2D eigenvalue weighted by Crippen LogP contribution is 2.33. The molecule has 2 aromatic rings. The molecule has 0 aliphatic heterocycles. The predicted octanol–water partition coefficient (Wildman–Crippen LogP) is 2.94. The van der Waals surface area contributed by atoms with Gasteiger partial charge in [0.1, 0.15) is 12.4 Å². The minimum Gasteiger partial charge on any atom is -0.465 e. The van der Waals surface area contributed by atoms with Gasteiger partial charge in [0.05, 0.1) is 6.61 Å². The quantitative estimate of drug-likeness (QED) is 0.694. The molecule has 0 unspecified atom stereocenters. The number of hydrogen-bond acceptors (Lipinski definition) is 3.